The number of benzene rings is 2. The Morgan fingerprint density at radius 2 is 1.77 bits per heavy atom. The van der Waals surface area contributed by atoms with E-state index >= 15 is 0 Å². The molecule has 1 saturated heterocycles. The molecule has 0 spiro atoms. The maximum atomic E-state index is 2.79. The summed E-state index contributed by atoms with van der Waals surface area (Å²) in [7, 11) is 0. The number of fused-ring (bicyclic) bond motifs is 2. The number of hydrogen-bond donors (Lipinski definition) is 0. The number of allylic oxidation sites excluding steroid dienone is 1. The maximum Gasteiger partial charge on any atom is 0.0370 e. The van der Waals surface area contributed by atoms with Gasteiger partial charge in [0.2, 0.25) is 0 Å². The van der Waals surface area contributed by atoms with Crippen LogP contribution in [0.5, 0.6) is 0 Å². The third-order valence-corrected chi connectivity index (χ3v) is 7.55. The van der Waals surface area contributed by atoms with Crippen LogP contribution in [-0.4, -0.2) is 61.7 Å². The molecule has 1 heterocycles. The highest BCUT2D eigenvalue weighted by atomic mass is 15.3. The number of piperazine rings is 1. The molecule has 31 heavy (non-hydrogen) atoms. The molecule has 5 rings (SSSR count). The fourth-order valence-electron chi connectivity index (χ4n) is 5.70. The van der Waals surface area contributed by atoms with Crippen molar-refractivity contribution >= 4 is 11.8 Å². The van der Waals surface area contributed by atoms with Crippen molar-refractivity contribution in [2.45, 2.75) is 45.1 Å². The minimum atomic E-state index is 0.719. The Bertz CT molecular complexity index is 910. The second kappa shape index (κ2) is 9.58. The van der Waals surface area contributed by atoms with Gasteiger partial charge in [-0.05, 0) is 73.0 Å². The fraction of sp³-hybridized carbons (Fsp3) is 0.500. The van der Waals surface area contributed by atoms with Crippen LogP contribution in [0, 0.1) is 0 Å². The summed E-state index contributed by atoms with van der Waals surface area (Å²) in [5.41, 5.74) is 7.47. The summed E-state index contributed by atoms with van der Waals surface area (Å²) in [4.78, 5) is 8.05. The van der Waals surface area contributed by atoms with E-state index in [4.69, 9.17) is 0 Å². The molecular formula is C28H37N3. The van der Waals surface area contributed by atoms with Crippen molar-refractivity contribution in [2.24, 2.45) is 0 Å². The lowest BCUT2D eigenvalue weighted by molar-refractivity contribution is 0.145. The van der Waals surface area contributed by atoms with Crippen LogP contribution in [-0.2, 0) is 19.3 Å². The zero-order chi connectivity index (χ0) is 21.0. The zero-order valence-electron chi connectivity index (χ0n) is 19.1. The van der Waals surface area contributed by atoms with Crippen LogP contribution in [0.15, 0.2) is 48.5 Å². The molecule has 3 aliphatic rings. The molecule has 2 aliphatic carbocycles. The largest absolute Gasteiger partial charge is 0.369 e. The highest BCUT2D eigenvalue weighted by molar-refractivity contribution is 5.64. The minimum Gasteiger partial charge on any atom is -0.369 e. The smallest absolute Gasteiger partial charge is 0.0370 e. The van der Waals surface area contributed by atoms with E-state index in [9.17, 15) is 0 Å². The van der Waals surface area contributed by atoms with Gasteiger partial charge in [0.25, 0.3) is 0 Å². The number of hydrogen-bond acceptors (Lipinski definition) is 3. The van der Waals surface area contributed by atoms with Crippen molar-refractivity contribution < 1.29 is 0 Å². The molecule has 0 bridgehead atoms. The molecule has 1 atom stereocenters. The van der Waals surface area contributed by atoms with Crippen LogP contribution in [0.3, 0.4) is 0 Å². The van der Waals surface area contributed by atoms with Gasteiger partial charge in [-0.1, -0.05) is 49.4 Å². The van der Waals surface area contributed by atoms with Crippen molar-refractivity contribution in [3.8, 4) is 0 Å². The minimum absolute atomic E-state index is 0.719. The van der Waals surface area contributed by atoms with Crippen molar-refractivity contribution in [2.75, 3.05) is 50.7 Å². The van der Waals surface area contributed by atoms with Crippen molar-refractivity contribution in [1.29, 1.82) is 0 Å². The summed E-state index contributed by atoms with van der Waals surface area (Å²) in [5.74, 6) is 0. The molecule has 0 saturated carbocycles. The van der Waals surface area contributed by atoms with Gasteiger partial charge in [-0.2, -0.15) is 0 Å². The Hall–Kier alpha value is -2.10. The highest BCUT2D eigenvalue weighted by Crippen LogP contribution is 2.27. The lowest BCUT2D eigenvalue weighted by atomic mass is 9.87. The third-order valence-electron chi connectivity index (χ3n) is 7.55. The van der Waals surface area contributed by atoms with Crippen LogP contribution >= 0.6 is 0 Å². The van der Waals surface area contributed by atoms with E-state index in [1.54, 1.807) is 11.1 Å². The standard InChI is InChI=1S/C28H37N3/c1-2-14-30(27-12-10-23-6-3-4-7-25(23)21-27)18-15-29-16-19-31(20-17-29)28-13-11-24-8-5-9-26(24)22-28/h3-8,11,13,22,27H,2,9-10,12,14-21H2,1H3. The topological polar surface area (TPSA) is 9.72 Å². The highest BCUT2D eigenvalue weighted by Gasteiger charge is 2.25. The normalized spacial score (nSPS) is 20.8. The molecule has 164 valence electrons. The SMILES string of the molecule is CCCN(CCN1CCN(c2ccc3c(c2)CC=C3)CC1)C1CCc2ccccc2C1. The molecule has 1 unspecified atom stereocenters. The van der Waals surface area contributed by atoms with E-state index in [0.717, 1.165) is 25.6 Å². The van der Waals surface area contributed by atoms with Crippen molar-refractivity contribution in [3.05, 3.63) is 70.8 Å². The first-order valence-corrected chi connectivity index (χ1v) is 12.4. The quantitative estimate of drug-likeness (QED) is 0.652. The monoisotopic (exact) mass is 415 g/mol. The Labute approximate surface area is 188 Å². The number of nitrogens with zero attached hydrogens (tertiary/aromatic N) is 3. The van der Waals surface area contributed by atoms with Crippen molar-refractivity contribution in [1.82, 2.24) is 9.80 Å². The van der Waals surface area contributed by atoms with E-state index in [1.807, 2.05) is 0 Å². The summed E-state index contributed by atoms with van der Waals surface area (Å²) in [6.45, 7) is 10.6. The van der Waals surface area contributed by atoms with Gasteiger partial charge in [0.05, 0.1) is 0 Å². The maximum absolute atomic E-state index is 2.79. The van der Waals surface area contributed by atoms with Crippen LogP contribution in [0.25, 0.3) is 6.08 Å². The molecular weight excluding hydrogens is 378 g/mol. The first kappa shape index (κ1) is 20.8. The fourth-order valence-corrected chi connectivity index (χ4v) is 5.70. The van der Waals surface area contributed by atoms with Crippen LogP contribution in [0.2, 0.25) is 0 Å². The molecule has 0 aromatic heterocycles. The van der Waals surface area contributed by atoms with Gasteiger partial charge in [0, 0.05) is 51.0 Å². The number of anilines is 1. The molecule has 0 N–H and O–H groups in total. The van der Waals surface area contributed by atoms with E-state index in [0.29, 0.717) is 0 Å². The molecule has 1 aliphatic heterocycles. The van der Waals surface area contributed by atoms with E-state index in [1.165, 1.54) is 75.2 Å². The van der Waals surface area contributed by atoms with Crippen LogP contribution in [0.4, 0.5) is 5.69 Å². The molecule has 2 aromatic carbocycles. The molecule has 1 fully saturated rings. The van der Waals surface area contributed by atoms with Crippen LogP contribution in [0.1, 0.15) is 42.0 Å². The Morgan fingerprint density at radius 1 is 0.935 bits per heavy atom. The first-order valence-electron chi connectivity index (χ1n) is 12.4. The second-order valence-electron chi connectivity index (χ2n) is 9.52. The summed E-state index contributed by atoms with van der Waals surface area (Å²) in [6.07, 6.45) is 10.7. The average Bonchev–Trinajstić information content (AvgIpc) is 3.30. The zero-order valence-corrected chi connectivity index (χ0v) is 19.1. The van der Waals surface area contributed by atoms with E-state index < -0.39 is 0 Å². The predicted molar refractivity (Wildman–Crippen MR) is 132 cm³/mol. The van der Waals surface area contributed by atoms with Gasteiger partial charge in [-0.3, -0.25) is 9.80 Å². The molecule has 3 nitrogen and oxygen atoms in total. The van der Waals surface area contributed by atoms with E-state index in [-0.39, 0.29) is 0 Å². The summed E-state index contributed by atoms with van der Waals surface area (Å²) in [6, 6.07) is 16.8. The number of aryl methyl sites for hydroxylation is 1. The lowest BCUT2D eigenvalue weighted by Crippen LogP contribution is -2.50. The number of rotatable bonds is 7. The second-order valence-corrected chi connectivity index (χ2v) is 9.52. The first-order chi connectivity index (χ1) is 15.3. The summed E-state index contributed by atoms with van der Waals surface area (Å²) >= 11 is 0. The summed E-state index contributed by atoms with van der Waals surface area (Å²) in [5, 5.41) is 0. The van der Waals surface area contributed by atoms with Gasteiger partial charge >= 0.3 is 0 Å². The average molecular weight is 416 g/mol. The Morgan fingerprint density at radius 3 is 2.61 bits per heavy atom. The summed E-state index contributed by atoms with van der Waals surface area (Å²) < 4.78 is 0. The molecule has 3 heteroatoms. The van der Waals surface area contributed by atoms with E-state index in [2.05, 4.69) is 76.2 Å². The Kier molecular flexibility index (Phi) is 6.42. The third kappa shape index (κ3) is 4.73. The van der Waals surface area contributed by atoms with Crippen molar-refractivity contribution in [3.63, 3.8) is 0 Å². The molecule has 0 amide bonds. The van der Waals surface area contributed by atoms with Gasteiger partial charge < -0.3 is 4.90 Å². The van der Waals surface area contributed by atoms with Gasteiger partial charge in [-0.25, -0.2) is 0 Å². The van der Waals surface area contributed by atoms with Gasteiger partial charge in [0.15, 0.2) is 0 Å². The Balaban J connectivity index is 1.13. The molecule has 0 radical (unpaired) electrons. The molecule has 2 aromatic rings. The van der Waals surface area contributed by atoms with Gasteiger partial charge in [0.1, 0.15) is 0 Å². The lowest BCUT2D eigenvalue weighted by Gasteiger charge is -2.39. The predicted octanol–water partition coefficient (Wildman–Crippen LogP) is 4.65. The van der Waals surface area contributed by atoms with Crippen LogP contribution < -0.4 is 4.90 Å². The van der Waals surface area contributed by atoms with Gasteiger partial charge in [-0.15, -0.1) is 0 Å².